The van der Waals surface area contributed by atoms with Gasteiger partial charge < -0.3 is 10.1 Å². The van der Waals surface area contributed by atoms with Gasteiger partial charge in [-0.25, -0.2) is 4.39 Å². The van der Waals surface area contributed by atoms with Gasteiger partial charge in [-0.15, -0.1) is 0 Å². The van der Waals surface area contributed by atoms with Gasteiger partial charge in [0.25, 0.3) is 0 Å². The summed E-state index contributed by atoms with van der Waals surface area (Å²) >= 11 is 0. The molecule has 1 aliphatic heterocycles. The quantitative estimate of drug-likeness (QED) is 0.899. The summed E-state index contributed by atoms with van der Waals surface area (Å²) in [6.07, 6.45) is 4.23. The van der Waals surface area contributed by atoms with Crippen molar-refractivity contribution in [1.82, 2.24) is 10.3 Å². The molecule has 2 atom stereocenters. The zero-order chi connectivity index (χ0) is 13.2. The van der Waals surface area contributed by atoms with Crippen LogP contribution in [0, 0.1) is 5.82 Å². The minimum atomic E-state index is -0.277. The third-order valence-corrected chi connectivity index (χ3v) is 3.47. The van der Waals surface area contributed by atoms with Crippen LogP contribution in [0.2, 0.25) is 0 Å². The van der Waals surface area contributed by atoms with E-state index < -0.39 is 0 Å². The average molecular weight is 258 g/mol. The molecule has 98 valence electrons. The average Bonchev–Trinajstić information content (AvgIpc) is 2.46. The fraction of sp³-hybridized carbons (Fsp3) is 0.267. The van der Waals surface area contributed by atoms with Gasteiger partial charge in [0.2, 0.25) is 0 Å². The van der Waals surface area contributed by atoms with Crippen LogP contribution in [0.25, 0.3) is 0 Å². The van der Waals surface area contributed by atoms with Crippen molar-refractivity contribution in [2.75, 3.05) is 7.05 Å². The summed E-state index contributed by atoms with van der Waals surface area (Å²) in [7, 11) is 1.91. The van der Waals surface area contributed by atoms with E-state index >= 15 is 0 Å². The molecule has 4 heteroatoms. The van der Waals surface area contributed by atoms with Crippen molar-refractivity contribution in [2.45, 2.75) is 18.6 Å². The molecule has 0 saturated carbocycles. The van der Waals surface area contributed by atoms with Crippen molar-refractivity contribution >= 4 is 0 Å². The third-order valence-electron chi connectivity index (χ3n) is 3.47. The van der Waals surface area contributed by atoms with E-state index in [-0.39, 0.29) is 18.0 Å². The molecule has 0 aliphatic carbocycles. The molecule has 0 radical (unpaired) electrons. The first-order chi connectivity index (χ1) is 9.28. The fourth-order valence-corrected chi connectivity index (χ4v) is 2.48. The number of rotatable bonds is 2. The Morgan fingerprint density at radius 1 is 1.37 bits per heavy atom. The fourth-order valence-electron chi connectivity index (χ4n) is 2.48. The summed E-state index contributed by atoms with van der Waals surface area (Å²) in [5.74, 6) is 0.333. The third kappa shape index (κ3) is 2.31. The number of fused-ring (bicyclic) bond motifs is 1. The lowest BCUT2D eigenvalue weighted by molar-refractivity contribution is 0.153. The molecule has 19 heavy (non-hydrogen) atoms. The van der Waals surface area contributed by atoms with Crippen molar-refractivity contribution in [3.05, 3.63) is 59.7 Å². The Morgan fingerprint density at radius 2 is 2.26 bits per heavy atom. The highest BCUT2D eigenvalue weighted by Crippen LogP contribution is 2.40. The molecule has 3 rings (SSSR count). The molecule has 2 heterocycles. The summed E-state index contributed by atoms with van der Waals surface area (Å²) in [5, 5.41) is 3.26. The van der Waals surface area contributed by atoms with E-state index in [1.54, 1.807) is 18.5 Å². The van der Waals surface area contributed by atoms with E-state index in [0.29, 0.717) is 5.75 Å². The largest absolute Gasteiger partial charge is 0.485 e. The van der Waals surface area contributed by atoms with Crippen molar-refractivity contribution in [3.63, 3.8) is 0 Å². The molecular weight excluding hydrogens is 243 g/mol. The standard InChI is InChI=1S/C15H15FN2O/c1-17-13-8-14(10-3-2-6-18-9-10)19-15-7-11(16)4-5-12(13)15/h2-7,9,13-14,17H,8H2,1H3. The topological polar surface area (TPSA) is 34.2 Å². The smallest absolute Gasteiger partial charge is 0.127 e. The van der Waals surface area contributed by atoms with Gasteiger partial charge in [-0.05, 0) is 19.2 Å². The van der Waals surface area contributed by atoms with Crippen LogP contribution in [0.1, 0.15) is 29.7 Å². The maximum absolute atomic E-state index is 13.3. The molecule has 0 fully saturated rings. The molecule has 1 N–H and O–H groups in total. The minimum Gasteiger partial charge on any atom is -0.485 e. The lowest BCUT2D eigenvalue weighted by Gasteiger charge is -2.32. The molecule has 0 bridgehead atoms. The second-order valence-corrected chi connectivity index (χ2v) is 4.65. The van der Waals surface area contributed by atoms with Crippen LogP contribution in [-0.2, 0) is 0 Å². The van der Waals surface area contributed by atoms with Crippen LogP contribution in [0.15, 0.2) is 42.7 Å². The highest BCUT2D eigenvalue weighted by molar-refractivity contribution is 5.39. The maximum atomic E-state index is 13.3. The molecule has 1 aromatic heterocycles. The summed E-state index contributed by atoms with van der Waals surface area (Å²) in [6, 6.07) is 8.72. The monoisotopic (exact) mass is 258 g/mol. The van der Waals surface area contributed by atoms with Crippen molar-refractivity contribution in [1.29, 1.82) is 0 Å². The molecule has 2 unspecified atom stereocenters. The summed E-state index contributed by atoms with van der Waals surface area (Å²) in [4.78, 5) is 4.11. The Morgan fingerprint density at radius 3 is 3.00 bits per heavy atom. The second kappa shape index (κ2) is 4.97. The number of benzene rings is 1. The predicted molar refractivity (Wildman–Crippen MR) is 70.4 cm³/mol. The van der Waals surface area contributed by atoms with E-state index in [9.17, 15) is 4.39 Å². The van der Waals surface area contributed by atoms with Gasteiger partial charge in [-0.1, -0.05) is 12.1 Å². The van der Waals surface area contributed by atoms with Gasteiger partial charge in [-0.2, -0.15) is 0 Å². The summed E-state index contributed by atoms with van der Waals surface area (Å²) in [5.41, 5.74) is 2.02. The zero-order valence-electron chi connectivity index (χ0n) is 10.6. The van der Waals surface area contributed by atoms with Crippen molar-refractivity contribution in [2.24, 2.45) is 0 Å². The van der Waals surface area contributed by atoms with Crippen LogP contribution >= 0.6 is 0 Å². The Hall–Kier alpha value is -1.94. The van der Waals surface area contributed by atoms with Crippen molar-refractivity contribution in [3.8, 4) is 5.75 Å². The van der Waals surface area contributed by atoms with Crippen LogP contribution in [0.4, 0.5) is 4.39 Å². The van der Waals surface area contributed by atoms with Crippen LogP contribution in [-0.4, -0.2) is 12.0 Å². The van der Waals surface area contributed by atoms with E-state index in [2.05, 4.69) is 10.3 Å². The van der Waals surface area contributed by atoms with Crippen molar-refractivity contribution < 1.29 is 9.13 Å². The van der Waals surface area contributed by atoms with Gasteiger partial charge in [0, 0.05) is 42.0 Å². The molecule has 0 spiro atoms. The zero-order valence-corrected chi connectivity index (χ0v) is 10.6. The molecule has 1 aliphatic rings. The summed E-state index contributed by atoms with van der Waals surface area (Å²) in [6.45, 7) is 0. The number of nitrogens with one attached hydrogen (secondary N) is 1. The number of ether oxygens (including phenoxy) is 1. The Balaban J connectivity index is 1.97. The van der Waals surface area contributed by atoms with Gasteiger partial charge >= 0.3 is 0 Å². The van der Waals surface area contributed by atoms with E-state index in [0.717, 1.165) is 17.5 Å². The minimum absolute atomic E-state index is 0.0968. The van der Waals surface area contributed by atoms with E-state index in [1.165, 1.54) is 12.1 Å². The SMILES string of the molecule is CNC1CC(c2cccnc2)Oc2cc(F)ccc21. The van der Waals surface area contributed by atoms with E-state index in [1.807, 2.05) is 19.2 Å². The normalized spacial score (nSPS) is 21.6. The molecule has 0 amide bonds. The molecule has 1 aromatic carbocycles. The molecule has 3 nitrogen and oxygen atoms in total. The highest BCUT2D eigenvalue weighted by Gasteiger charge is 2.28. The second-order valence-electron chi connectivity index (χ2n) is 4.65. The molecule has 0 saturated heterocycles. The Bertz CT molecular complexity index is 574. The van der Waals surface area contributed by atoms with E-state index in [4.69, 9.17) is 4.74 Å². The first-order valence-corrected chi connectivity index (χ1v) is 6.31. The molecule has 2 aromatic rings. The molecular formula is C15H15FN2O. The van der Waals surface area contributed by atoms with Gasteiger partial charge in [-0.3, -0.25) is 4.98 Å². The lowest BCUT2D eigenvalue weighted by Crippen LogP contribution is -2.26. The van der Waals surface area contributed by atoms with Gasteiger partial charge in [0.15, 0.2) is 0 Å². The van der Waals surface area contributed by atoms with Crippen LogP contribution in [0.5, 0.6) is 5.75 Å². The van der Waals surface area contributed by atoms with Crippen LogP contribution < -0.4 is 10.1 Å². The maximum Gasteiger partial charge on any atom is 0.127 e. The first-order valence-electron chi connectivity index (χ1n) is 6.31. The number of nitrogens with zero attached hydrogens (tertiary/aromatic N) is 1. The summed E-state index contributed by atoms with van der Waals surface area (Å²) < 4.78 is 19.3. The highest BCUT2D eigenvalue weighted by atomic mass is 19.1. The number of hydrogen-bond donors (Lipinski definition) is 1. The Kier molecular flexibility index (Phi) is 3.17. The number of hydrogen-bond acceptors (Lipinski definition) is 3. The first kappa shape index (κ1) is 12.1. The number of aromatic nitrogens is 1. The lowest BCUT2D eigenvalue weighted by atomic mass is 9.93. The Labute approximate surface area is 111 Å². The predicted octanol–water partition coefficient (Wildman–Crippen LogP) is 3.01. The van der Waals surface area contributed by atoms with Gasteiger partial charge in [0.05, 0.1) is 0 Å². The number of pyridine rings is 1. The number of halogens is 1. The van der Waals surface area contributed by atoms with Gasteiger partial charge in [0.1, 0.15) is 17.7 Å². The van der Waals surface area contributed by atoms with Crippen LogP contribution in [0.3, 0.4) is 0 Å².